The van der Waals surface area contributed by atoms with Crippen LogP contribution in [-0.4, -0.2) is 56.9 Å². The average molecular weight is 353 g/mol. The van der Waals surface area contributed by atoms with E-state index in [0.29, 0.717) is 5.69 Å². The van der Waals surface area contributed by atoms with Gasteiger partial charge in [0.2, 0.25) is 0 Å². The van der Waals surface area contributed by atoms with Gasteiger partial charge in [-0.25, -0.2) is 19.2 Å². The highest BCUT2D eigenvalue weighted by Crippen LogP contribution is 2.30. The van der Waals surface area contributed by atoms with Gasteiger partial charge >= 0.3 is 23.9 Å². The smallest absolute Gasteiger partial charge is 0.340 e. The van der Waals surface area contributed by atoms with Gasteiger partial charge in [-0.3, -0.25) is 0 Å². The molecule has 136 valence electrons. The zero-order valence-corrected chi connectivity index (χ0v) is 14.8. The van der Waals surface area contributed by atoms with Crippen LogP contribution >= 0.6 is 0 Å². The van der Waals surface area contributed by atoms with E-state index in [1.165, 1.54) is 11.6 Å². The Kier molecular flexibility index (Phi) is 6.49. The van der Waals surface area contributed by atoms with Gasteiger partial charge in [-0.2, -0.15) is 0 Å². The molecule has 0 bridgehead atoms. The number of hydrogen-bond acceptors (Lipinski definition) is 8. The van der Waals surface area contributed by atoms with Crippen LogP contribution < -0.4 is 0 Å². The van der Waals surface area contributed by atoms with Gasteiger partial charge in [0.1, 0.15) is 5.56 Å². The van der Waals surface area contributed by atoms with Gasteiger partial charge in [-0.15, -0.1) is 0 Å². The van der Waals surface area contributed by atoms with Crippen LogP contribution in [0.4, 0.5) is 0 Å². The van der Waals surface area contributed by atoms with E-state index in [0.717, 1.165) is 34.5 Å². The summed E-state index contributed by atoms with van der Waals surface area (Å²) in [6, 6.07) is 0. The first-order chi connectivity index (χ1) is 11.7. The second kappa shape index (κ2) is 8.13. The van der Waals surface area contributed by atoms with Gasteiger partial charge in [-0.05, 0) is 6.92 Å². The Morgan fingerprint density at radius 1 is 0.840 bits per heavy atom. The quantitative estimate of drug-likeness (QED) is 0.431. The van der Waals surface area contributed by atoms with Crippen molar-refractivity contribution in [2.45, 2.75) is 6.92 Å². The Hall–Kier alpha value is -3.10. The largest absolute Gasteiger partial charge is 0.466 e. The first-order valence-corrected chi connectivity index (χ1v) is 6.99. The number of rotatable bonds is 5. The third-order valence-corrected chi connectivity index (χ3v) is 3.59. The van der Waals surface area contributed by atoms with Crippen LogP contribution in [0.1, 0.15) is 32.1 Å². The normalized spacial score (nSPS) is 10.9. The molecule has 1 aromatic rings. The molecule has 0 amide bonds. The van der Waals surface area contributed by atoms with Crippen LogP contribution in [0, 0.1) is 6.92 Å². The Labute approximate surface area is 144 Å². The standard InChI is InChI=1S/C16H19NO8/c1-8-11(15(20)24-5)12(16(21)25-6)13(17(8)2)9(14(19)23-4)7-10(18)22-3/h7H,1-6H3. The molecule has 9 nitrogen and oxygen atoms in total. The van der Waals surface area contributed by atoms with Gasteiger partial charge in [0.25, 0.3) is 0 Å². The molecule has 0 aliphatic heterocycles. The Morgan fingerprint density at radius 2 is 1.36 bits per heavy atom. The highest BCUT2D eigenvalue weighted by Gasteiger charge is 2.33. The minimum Gasteiger partial charge on any atom is -0.466 e. The van der Waals surface area contributed by atoms with E-state index >= 15 is 0 Å². The van der Waals surface area contributed by atoms with Gasteiger partial charge in [-0.1, -0.05) is 0 Å². The van der Waals surface area contributed by atoms with Gasteiger partial charge < -0.3 is 23.5 Å². The van der Waals surface area contributed by atoms with Crippen molar-refractivity contribution in [3.63, 3.8) is 0 Å². The summed E-state index contributed by atoms with van der Waals surface area (Å²) in [5.74, 6) is -3.40. The van der Waals surface area contributed by atoms with Crippen molar-refractivity contribution >= 4 is 29.5 Å². The number of esters is 4. The highest BCUT2D eigenvalue weighted by atomic mass is 16.5. The maximum Gasteiger partial charge on any atom is 0.340 e. The fourth-order valence-corrected chi connectivity index (χ4v) is 2.28. The van der Waals surface area contributed by atoms with E-state index in [1.807, 2.05) is 0 Å². The van der Waals surface area contributed by atoms with Gasteiger partial charge in [0.05, 0.1) is 45.3 Å². The maximum atomic E-state index is 12.3. The minimum absolute atomic E-state index is 0.0259. The summed E-state index contributed by atoms with van der Waals surface area (Å²) < 4.78 is 20.0. The Bertz CT molecular complexity index is 757. The zero-order valence-electron chi connectivity index (χ0n) is 14.8. The summed E-state index contributed by atoms with van der Waals surface area (Å²) in [4.78, 5) is 48.2. The van der Waals surface area contributed by atoms with Crippen LogP contribution in [0.2, 0.25) is 0 Å². The van der Waals surface area contributed by atoms with E-state index < -0.39 is 23.9 Å². The summed E-state index contributed by atoms with van der Waals surface area (Å²) in [5.41, 5.74) is -0.249. The molecule has 0 spiro atoms. The molecule has 0 N–H and O–H groups in total. The maximum absolute atomic E-state index is 12.3. The number of ether oxygens (including phenoxy) is 4. The highest BCUT2D eigenvalue weighted by molar-refractivity contribution is 6.23. The first-order valence-electron chi connectivity index (χ1n) is 6.99. The molecule has 9 heteroatoms. The lowest BCUT2D eigenvalue weighted by atomic mass is 10.0. The molecule has 0 aliphatic carbocycles. The molecule has 0 fully saturated rings. The second-order valence-electron chi connectivity index (χ2n) is 4.80. The van der Waals surface area contributed by atoms with Crippen molar-refractivity contribution in [3.8, 4) is 0 Å². The fourth-order valence-electron chi connectivity index (χ4n) is 2.28. The predicted octanol–water partition coefficient (Wildman–Crippen LogP) is 0.636. The van der Waals surface area contributed by atoms with E-state index in [2.05, 4.69) is 9.47 Å². The lowest BCUT2D eigenvalue weighted by Crippen LogP contribution is -2.16. The van der Waals surface area contributed by atoms with E-state index in [1.54, 1.807) is 6.92 Å². The molecule has 0 unspecified atom stereocenters. The number of carbonyl (C=O) groups is 4. The van der Waals surface area contributed by atoms with Crippen molar-refractivity contribution in [3.05, 3.63) is 28.6 Å². The number of hydrogen-bond donors (Lipinski definition) is 0. The molecule has 0 saturated carbocycles. The average Bonchev–Trinajstić information content (AvgIpc) is 2.88. The molecular weight excluding hydrogens is 334 g/mol. The molecule has 0 saturated heterocycles. The first kappa shape index (κ1) is 19.9. The lowest BCUT2D eigenvalue weighted by molar-refractivity contribution is -0.136. The molecule has 1 heterocycles. The molecule has 0 atom stereocenters. The molecular formula is C16H19NO8. The molecule has 1 aromatic heterocycles. The minimum atomic E-state index is -0.896. The molecule has 25 heavy (non-hydrogen) atoms. The van der Waals surface area contributed by atoms with E-state index in [4.69, 9.17) is 9.47 Å². The summed E-state index contributed by atoms with van der Waals surface area (Å²) in [6.45, 7) is 1.55. The van der Waals surface area contributed by atoms with Crippen LogP contribution in [-0.2, 0) is 35.6 Å². The Morgan fingerprint density at radius 3 is 1.80 bits per heavy atom. The summed E-state index contributed by atoms with van der Waals surface area (Å²) >= 11 is 0. The van der Waals surface area contributed by atoms with E-state index in [9.17, 15) is 19.2 Å². The number of nitrogens with zero attached hydrogens (tertiary/aromatic N) is 1. The van der Waals surface area contributed by atoms with Crippen molar-refractivity contribution in [2.24, 2.45) is 7.05 Å². The van der Waals surface area contributed by atoms with Crippen molar-refractivity contribution in [1.82, 2.24) is 4.57 Å². The second-order valence-corrected chi connectivity index (χ2v) is 4.80. The van der Waals surface area contributed by atoms with Gasteiger partial charge in [0.15, 0.2) is 0 Å². The number of carbonyl (C=O) groups excluding carboxylic acids is 4. The van der Waals surface area contributed by atoms with Crippen LogP contribution in [0.25, 0.3) is 5.57 Å². The molecule has 0 radical (unpaired) electrons. The molecule has 1 rings (SSSR count). The van der Waals surface area contributed by atoms with Crippen molar-refractivity contribution in [1.29, 1.82) is 0 Å². The van der Waals surface area contributed by atoms with Crippen LogP contribution in [0.15, 0.2) is 6.08 Å². The van der Waals surface area contributed by atoms with Crippen LogP contribution in [0.5, 0.6) is 0 Å². The summed E-state index contributed by atoms with van der Waals surface area (Å²) in [5, 5.41) is 0. The SMILES string of the molecule is COC(=O)C=C(C(=O)OC)c1c(C(=O)OC)c(C(=O)OC)c(C)n1C. The predicted molar refractivity (Wildman–Crippen MR) is 84.8 cm³/mol. The van der Waals surface area contributed by atoms with Crippen molar-refractivity contribution < 1.29 is 38.1 Å². The zero-order chi connectivity index (χ0) is 19.3. The fraction of sp³-hybridized carbons (Fsp3) is 0.375. The molecule has 0 aliphatic rings. The summed E-state index contributed by atoms with van der Waals surface area (Å²) in [6.07, 6.45) is 0.869. The summed E-state index contributed by atoms with van der Waals surface area (Å²) in [7, 11) is 6.03. The number of aromatic nitrogens is 1. The topological polar surface area (TPSA) is 110 Å². The van der Waals surface area contributed by atoms with Gasteiger partial charge in [0, 0.05) is 18.8 Å². The third kappa shape index (κ3) is 3.70. The monoisotopic (exact) mass is 353 g/mol. The third-order valence-electron chi connectivity index (χ3n) is 3.59. The van der Waals surface area contributed by atoms with E-state index in [-0.39, 0.29) is 22.4 Å². The van der Waals surface area contributed by atoms with Crippen molar-refractivity contribution in [2.75, 3.05) is 28.4 Å². The number of methoxy groups -OCH3 is 4. The molecule has 0 aromatic carbocycles. The van der Waals surface area contributed by atoms with Crippen LogP contribution in [0.3, 0.4) is 0 Å². The Balaban J connectivity index is 3.91. The lowest BCUT2D eigenvalue weighted by Gasteiger charge is -2.10.